The van der Waals surface area contributed by atoms with Crippen molar-refractivity contribution in [3.05, 3.63) is 52.0 Å². The van der Waals surface area contributed by atoms with Crippen molar-refractivity contribution in [2.45, 2.75) is 39.0 Å². The van der Waals surface area contributed by atoms with E-state index in [0.717, 1.165) is 11.0 Å². The number of hydrogen-bond donors (Lipinski definition) is 0. The van der Waals surface area contributed by atoms with E-state index in [1.54, 1.807) is 20.8 Å². The van der Waals surface area contributed by atoms with Gasteiger partial charge in [0.1, 0.15) is 15.1 Å². The summed E-state index contributed by atoms with van der Waals surface area (Å²) < 4.78 is 79.5. The average molecular weight is 583 g/mol. The van der Waals surface area contributed by atoms with Gasteiger partial charge in [-0.25, -0.2) is 14.2 Å². The molecule has 3 rings (SSSR count). The van der Waals surface area contributed by atoms with Crippen molar-refractivity contribution in [1.29, 1.82) is 0 Å². The molecule has 0 bridgehead atoms. The number of carbonyl (C=O) groups is 1. The van der Waals surface area contributed by atoms with Gasteiger partial charge < -0.3 is 9.47 Å². The Bertz CT molecular complexity index is 1170. The fourth-order valence-electron chi connectivity index (χ4n) is 2.83. The van der Waals surface area contributed by atoms with E-state index >= 15 is 0 Å². The fraction of sp³-hybridized carbons (Fsp3) is 0.333. The Labute approximate surface area is 199 Å². The number of imidazole rings is 1. The summed E-state index contributed by atoms with van der Waals surface area (Å²) in [6, 6.07) is 4.57. The molecule has 0 spiro atoms. The van der Waals surface area contributed by atoms with Gasteiger partial charge in [0, 0.05) is 12.6 Å². The number of rotatable bonds is 5. The highest BCUT2D eigenvalue weighted by Gasteiger charge is 2.33. The number of benzene rings is 1. The zero-order valence-electron chi connectivity index (χ0n) is 17.7. The monoisotopic (exact) mass is 583 g/mol. The van der Waals surface area contributed by atoms with Crippen molar-refractivity contribution in [2.75, 3.05) is 11.4 Å². The van der Waals surface area contributed by atoms with E-state index in [-0.39, 0.29) is 17.1 Å². The summed E-state index contributed by atoms with van der Waals surface area (Å²) in [7, 11) is 0. The maximum absolute atomic E-state index is 14.1. The molecule has 3 aromatic rings. The maximum atomic E-state index is 14.1. The molecule has 2 heterocycles. The van der Waals surface area contributed by atoms with Crippen LogP contribution in [0.2, 0.25) is 0 Å². The van der Waals surface area contributed by atoms with Crippen molar-refractivity contribution in [2.24, 2.45) is 0 Å². The summed E-state index contributed by atoms with van der Waals surface area (Å²) in [4.78, 5) is 17.8. The average Bonchev–Trinajstić information content (AvgIpc) is 3.04. The molecule has 1 aromatic carbocycles. The van der Waals surface area contributed by atoms with E-state index < -0.39 is 48.2 Å². The van der Waals surface area contributed by atoms with Crippen LogP contribution >= 0.6 is 22.6 Å². The lowest BCUT2D eigenvalue weighted by molar-refractivity contribution is -0.132. The number of alkyl halides is 3. The molecule has 0 N–H and O–H groups in total. The number of nitrogens with zero attached hydrogens (tertiary/aromatic N) is 3. The lowest BCUT2D eigenvalue weighted by Gasteiger charge is -2.28. The molecule has 0 aliphatic carbocycles. The Morgan fingerprint density at radius 2 is 1.91 bits per heavy atom. The third-order valence-corrected chi connectivity index (χ3v) is 4.98. The zero-order valence-corrected chi connectivity index (χ0v) is 19.9. The van der Waals surface area contributed by atoms with Crippen LogP contribution in [0.1, 0.15) is 27.2 Å². The molecule has 0 atom stereocenters. The topological polar surface area (TPSA) is 56.1 Å². The van der Waals surface area contributed by atoms with Gasteiger partial charge in [0.25, 0.3) is 0 Å². The highest BCUT2D eigenvalue weighted by Crippen LogP contribution is 2.34. The van der Waals surface area contributed by atoms with Crippen LogP contribution in [-0.4, -0.2) is 33.8 Å². The van der Waals surface area contributed by atoms with Gasteiger partial charge in [-0.15, -0.1) is 0 Å². The Morgan fingerprint density at radius 1 is 1.21 bits per heavy atom. The number of hydrogen-bond acceptors (Lipinski definition) is 4. The quantitative estimate of drug-likeness (QED) is 0.248. The van der Waals surface area contributed by atoms with Gasteiger partial charge in [-0.3, -0.25) is 9.30 Å². The molecule has 12 heteroatoms. The Kier molecular flexibility index (Phi) is 7.05. The standard InChI is InChI=1S/C21H19F5IN3O3/c1-20(2,3)33-19(31)29(8-7-21(24,25)26)14-9-12(11-30-16(27)10-28-18(14)30)32-15-6-4-5-13(22)17(15)23/h4-6,9-11H,7-8H2,1-3H3. The lowest BCUT2D eigenvalue weighted by Crippen LogP contribution is -2.39. The molecule has 178 valence electrons. The molecular weight excluding hydrogens is 564 g/mol. The first-order valence-electron chi connectivity index (χ1n) is 9.61. The predicted octanol–water partition coefficient (Wildman–Crippen LogP) is 6.70. The van der Waals surface area contributed by atoms with E-state index in [1.807, 2.05) is 22.6 Å². The normalized spacial score (nSPS) is 12.2. The molecule has 1 amide bonds. The number of halogens is 6. The van der Waals surface area contributed by atoms with Crippen LogP contribution in [0, 0.1) is 15.3 Å². The molecule has 33 heavy (non-hydrogen) atoms. The van der Waals surface area contributed by atoms with Crippen LogP contribution in [-0.2, 0) is 4.74 Å². The second-order valence-corrected chi connectivity index (χ2v) is 9.09. The molecule has 0 fully saturated rings. The molecule has 0 saturated heterocycles. The van der Waals surface area contributed by atoms with Gasteiger partial charge in [0.05, 0.1) is 24.5 Å². The molecule has 0 unspecified atom stereocenters. The van der Waals surface area contributed by atoms with Gasteiger partial charge in [-0.1, -0.05) is 6.07 Å². The molecule has 2 aromatic heterocycles. The van der Waals surface area contributed by atoms with Crippen LogP contribution in [0.4, 0.5) is 32.4 Å². The second kappa shape index (κ2) is 9.31. The first kappa shape index (κ1) is 25.0. The SMILES string of the molecule is CC(C)(C)OC(=O)N(CCC(F)(F)F)c1cc(Oc2cccc(F)c2F)cn2c(I)cnc12. The molecule has 0 saturated carbocycles. The first-order chi connectivity index (χ1) is 15.2. The number of ether oxygens (including phenoxy) is 2. The summed E-state index contributed by atoms with van der Waals surface area (Å²) in [6.45, 7) is 3.97. The third-order valence-electron chi connectivity index (χ3n) is 4.18. The number of pyridine rings is 1. The van der Waals surface area contributed by atoms with Crippen LogP contribution in [0.25, 0.3) is 5.65 Å². The Morgan fingerprint density at radius 3 is 2.55 bits per heavy atom. The molecule has 6 nitrogen and oxygen atoms in total. The number of anilines is 1. The lowest BCUT2D eigenvalue weighted by atomic mass is 10.2. The minimum Gasteiger partial charge on any atom is -0.453 e. The van der Waals surface area contributed by atoms with Crippen LogP contribution < -0.4 is 9.64 Å². The van der Waals surface area contributed by atoms with Crippen LogP contribution in [0.5, 0.6) is 11.5 Å². The van der Waals surface area contributed by atoms with Crippen molar-refractivity contribution < 1.29 is 36.2 Å². The highest BCUT2D eigenvalue weighted by atomic mass is 127. The van der Waals surface area contributed by atoms with Crippen molar-refractivity contribution in [3.63, 3.8) is 0 Å². The summed E-state index contributed by atoms with van der Waals surface area (Å²) in [5.74, 6) is -2.86. The van der Waals surface area contributed by atoms with E-state index in [2.05, 4.69) is 4.98 Å². The molecular formula is C21H19F5IN3O3. The van der Waals surface area contributed by atoms with Crippen molar-refractivity contribution in [1.82, 2.24) is 9.38 Å². The van der Waals surface area contributed by atoms with E-state index in [0.29, 0.717) is 3.70 Å². The van der Waals surface area contributed by atoms with Gasteiger partial charge in [-0.2, -0.15) is 17.6 Å². The van der Waals surface area contributed by atoms with Crippen molar-refractivity contribution in [3.8, 4) is 11.5 Å². The summed E-state index contributed by atoms with van der Waals surface area (Å²) >= 11 is 1.92. The largest absolute Gasteiger partial charge is 0.453 e. The summed E-state index contributed by atoms with van der Waals surface area (Å²) in [5.41, 5.74) is -0.878. The predicted molar refractivity (Wildman–Crippen MR) is 119 cm³/mol. The number of aromatic nitrogens is 2. The van der Waals surface area contributed by atoms with E-state index in [4.69, 9.17) is 9.47 Å². The van der Waals surface area contributed by atoms with Crippen LogP contribution in [0.3, 0.4) is 0 Å². The third kappa shape index (κ3) is 6.24. The van der Waals surface area contributed by atoms with Crippen molar-refractivity contribution >= 4 is 40.0 Å². The molecule has 0 aliphatic heterocycles. The fourth-order valence-corrected chi connectivity index (χ4v) is 3.33. The number of amides is 1. The number of fused-ring (bicyclic) bond motifs is 1. The van der Waals surface area contributed by atoms with E-state index in [9.17, 15) is 26.7 Å². The highest BCUT2D eigenvalue weighted by molar-refractivity contribution is 14.1. The van der Waals surface area contributed by atoms with Gasteiger partial charge in [0.15, 0.2) is 17.2 Å². The minimum absolute atomic E-state index is 0.0503. The number of carbonyl (C=O) groups excluding carboxylic acids is 1. The smallest absolute Gasteiger partial charge is 0.414 e. The Balaban J connectivity index is 2.11. The summed E-state index contributed by atoms with van der Waals surface area (Å²) in [5, 5.41) is 0. The van der Waals surface area contributed by atoms with Gasteiger partial charge in [-0.05, 0) is 55.5 Å². The molecule has 0 aliphatic rings. The van der Waals surface area contributed by atoms with Crippen LogP contribution in [0.15, 0.2) is 36.7 Å². The van der Waals surface area contributed by atoms with Gasteiger partial charge in [0.2, 0.25) is 5.82 Å². The maximum Gasteiger partial charge on any atom is 0.414 e. The minimum atomic E-state index is -4.54. The molecule has 0 radical (unpaired) electrons. The van der Waals surface area contributed by atoms with E-state index in [1.165, 1.54) is 35.0 Å². The second-order valence-electron chi connectivity index (χ2n) is 7.99. The summed E-state index contributed by atoms with van der Waals surface area (Å²) in [6.07, 6.45) is -4.04. The Hall–Kier alpha value is -2.64. The first-order valence-corrected chi connectivity index (χ1v) is 10.7. The zero-order chi connectivity index (χ0) is 24.6. The van der Waals surface area contributed by atoms with Gasteiger partial charge >= 0.3 is 12.3 Å².